The molecular weight excluding hydrogens is 386 g/mol. The van der Waals surface area contributed by atoms with Gasteiger partial charge in [-0.2, -0.15) is 0 Å². The molecule has 0 saturated carbocycles. The molecule has 0 aliphatic carbocycles. The van der Waals surface area contributed by atoms with Crippen LogP contribution in [0.1, 0.15) is 5.56 Å². The zero-order valence-electron chi connectivity index (χ0n) is 9.99. The highest BCUT2D eigenvalue weighted by Crippen LogP contribution is 2.24. The lowest BCUT2D eigenvalue weighted by molar-refractivity contribution is 1.16. The van der Waals surface area contributed by atoms with Crippen molar-refractivity contribution in [3.63, 3.8) is 0 Å². The molecule has 96 valence electrons. The third kappa shape index (κ3) is 3.19. The van der Waals surface area contributed by atoms with Gasteiger partial charge < -0.3 is 5.32 Å². The second-order valence-electron chi connectivity index (χ2n) is 4.32. The van der Waals surface area contributed by atoms with Crippen LogP contribution in [0.2, 0.25) is 0 Å². The van der Waals surface area contributed by atoms with Crippen LogP contribution in [0, 0.1) is 0 Å². The van der Waals surface area contributed by atoms with Crippen molar-refractivity contribution >= 4 is 59.7 Å². The second kappa shape index (κ2) is 5.65. The first-order valence-corrected chi connectivity index (χ1v) is 8.33. The topological polar surface area (TPSA) is 12.0 Å². The van der Waals surface area contributed by atoms with E-state index in [-0.39, 0.29) is 0 Å². The largest absolute Gasteiger partial charge is 0.381 e. The number of halogens is 2. The summed E-state index contributed by atoms with van der Waals surface area (Å²) in [6.07, 6.45) is 0. The van der Waals surface area contributed by atoms with Crippen LogP contribution in [0.5, 0.6) is 0 Å². The van der Waals surface area contributed by atoms with Gasteiger partial charge in [0.15, 0.2) is 0 Å². The number of fused-ring (bicyclic) bond motifs is 1. The molecule has 1 nitrogen and oxygen atoms in total. The summed E-state index contributed by atoms with van der Waals surface area (Å²) in [7, 11) is 0. The Morgan fingerprint density at radius 3 is 2.53 bits per heavy atom. The fourth-order valence-electron chi connectivity index (χ4n) is 1.97. The second-order valence-corrected chi connectivity index (χ2v) is 7.53. The lowest BCUT2D eigenvalue weighted by Gasteiger charge is -2.07. The van der Waals surface area contributed by atoms with Crippen molar-refractivity contribution in [2.45, 2.75) is 6.54 Å². The molecule has 0 spiro atoms. The fourth-order valence-corrected chi connectivity index (χ4v) is 3.56. The normalized spacial score (nSPS) is 10.8. The van der Waals surface area contributed by atoms with Crippen LogP contribution in [0.15, 0.2) is 56.1 Å². The van der Waals surface area contributed by atoms with E-state index in [1.165, 1.54) is 20.1 Å². The van der Waals surface area contributed by atoms with Crippen LogP contribution < -0.4 is 5.32 Å². The number of anilines is 1. The lowest BCUT2D eigenvalue weighted by Crippen LogP contribution is -1.97. The number of rotatable bonds is 3. The Labute approximate surface area is 132 Å². The predicted octanol–water partition coefficient (Wildman–Crippen LogP) is 6.04. The number of benzene rings is 2. The Kier molecular flexibility index (Phi) is 3.91. The molecule has 3 rings (SSSR count). The summed E-state index contributed by atoms with van der Waals surface area (Å²) in [5, 5.41) is 8.12. The average molecular weight is 397 g/mol. The number of thiophene rings is 1. The predicted molar refractivity (Wildman–Crippen MR) is 91.0 cm³/mol. The minimum Gasteiger partial charge on any atom is -0.381 e. The molecule has 1 heterocycles. The quantitative estimate of drug-likeness (QED) is 0.569. The summed E-state index contributed by atoms with van der Waals surface area (Å²) >= 11 is 8.69. The van der Waals surface area contributed by atoms with E-state index in [9.17, 15) is 0 Å². The van der Waals surface area contributed by atoms with Gasteiger partial charge in [0.05, 0.1) is 3.79 Å². The molecule has 1 N–H and O–H groups in total. The number of nitrogens with one attached hydrogen (secondary N) is 1. The van der Waals surface area contributed by atoms with Gasteiger partial charge in [-0.1, -0.05) is 28.1 Å². The molecule has 0 bridgehead atoms. The van der Waals surface area contributed by atoms with Crippen LogP contribution in [0.3, 0.4) is 0 Å². The summed E-state index contributed by atoms with van der Waals surface area (Å²) in [4.78, 5) is 0. The Balaban J connectivity index is 1.79. The van der Waals surface area contributed by atoms with Gasteiger partial charge in [0, 0.05) is 16.7 Å². The zero-order chi connectivity index (χ0) is 13.2. The van der Waals surface area contributed by atoms with Crippen LogP contribution in [-0.2, 0) is 6.54 Å². The standard InChI is InChI=1S/C15H11Br2NS/c16-13-3-1-12-7-14(4-2-11(12)6-13)18-8-10-5-15(17)19-9-10/h1-7,9,18H,8H2. The van der Waals surface area contributed by atoms with Crippen LogP contribution >= 0.6 is 43.2 Å². The monoisotopic (exact) mass is 395 g/mol. The van der Waals surface area contributed by atoms with Crippen LogP contribution in [0.25, 0.3) is 10.8 Å². The van der Waals surface area contributed by atoms with Gasteiger partial charge in [0.25, 0.3) is 0 Å². The summed E-state index contributed by atoms with van der Waals surface area (Å²) in [6.45, 7) is 0.851. The van der Waals surface area contributed by atoms with Gasteiger partial charge in [-0.15, -0.1) is 11.3 Å². The van der Waals surface area contributed by atoms with Gasteiger partial charge in [-0.05, 0) is 68.0 Å². The fraction of sp³-hybridized carbons (Fsp3) is 0.0667. The van der Waals surface area contributed by atoms with E-state index in [1.807, 2.05) is 0 Å². The maximum absolute atomic E-state index is 3.50. The van der Waals surface area contributed by atoms with E-state index in [0.29, 0.717) is 0 Å². The number of hydrogen-bond donors (Lipinski definition) is 1. The van der Waals surface area contributed by atoms with Crippen molar-refractivity contribution in [1.82, 2.24) is 0 Å². The van der Waals surface area contributed by atoms with Crippen molar-refractivity contribution in [3.05, 3.63) is 61.7 Å². The molecule has 19 heavy (non-hydrogen) atoms. The van der Waals surface area contributed by atoms with Gasteiger partial charge >= 0.3 is 0 Å². The van der Waals surface area contributed by atoms with E-state index in [0.717, 1.165) is 16.7 Å². The molecule has 0 saturated heterocycles. The molecule has 1 aromatic heterocycles. The van der Waals surface area contributed by atoms with E-state index < -0.39 is 0 Å². The van der Waals surface area contributed by atoms with Crippen molar-refractivity contribution in [2.75, 3.05) is 5.32 Å². The Morgan fingerprint density at radius 1 is 0.947 bits per heavy atom. The van der Waals surface area contributed by atoms with Crippen LogP contribution in [0.4, 0.5) is 5.69 Å². The minimum absolute atomic E-state index is 0.851. The summed E-state index contributed by atoms with van der Waals surface area (Å²) in [5.74, 6) is 0. The maximum Gasteiger partial charge on any atom is 0.0701 e. The SMILES string of the molecule is Brc1ccc2cc(NCc3csc(Br)c3)ccc2c1. The highest BCUT2D eigenvalue weighted by molar-refractivity contribution is 9.11. The molecule has 0 fully saturated rings. The van der Waals surface area contributed by atoms with Gasteiger partial charge in [-0.3, -0.25) is 0 Å². The molecule has 0 atom stereocenters. The molecule has 0 aliphatic heterocycles. The Hall–Kier alpha value is -0.840. The third-order valence-corrected chi connectivity index (χ3v) is 4.97. The lowest BCUT2D eigenvalue weighted by atomic mass is 10.1. The van der Waals surface area contributed by atoms with E-state index >= 15 is 0 Å². The zero-order valence-corrected chi connectivity index (χ0v) is 14.0. The van der Waals surface area contributed by atoms with Gasteiger partial charge in [-0.25, -0.2) is 0 Å². The maximum atomic E-state index is 3.50. The van der Waals surface area contributed by atoms with Crippen LogP contribution in [-0.4, -0.2) is 0 Å². The van der Waals surface area contributed by atoms with Crippen molar-refractivity contribution in [2.24, 2.45) is 0 Å². The highest BCUT2D eigenvalue weighted by Gasteiger charge is 2.00. The Bertz CT molecular complexity index is 721. The first-order valence-electron chi connectivity index (χ1n) is 5.87. The van der Waals surface area contributed by atoms with Gasteiger partial charge in [0.2, 0.25) is 0 Å². The number of hydrogen-bond acceptors (Lipinski definition) is 2. The van der Waals surface area contributed by atoms with Crippen molar-refractivity contribution in [3.8, 4) is 0 Å². The Morgan fingerprint density at radius 2 is 1.74 bits per heavy atom. The molecular formula is C15H11Br2NS. The first-order chi connectivity index (χ1) is 9.20. The van der Waals surface area contributed by atoms with E-state index in [4.69, 9.17) is 0 Å². The molecule has 0 amide bonds. The van der Waals surface area contributed by atoms with E-state index in [2.05, 4.69) is 85.0 Å². The minimum atomic E-state index is 0.851. The molecule has 0 aliphatic rings. The summed E-state index contributed by atoms with van der Waals surface area (Å²) < 4.78 is 2.29. The molecule has 3 aromatic rings. The summed E-state index contributed by atoms with van der Waals surface area (Å²) in [5.41, 5.74) is 2.45. The molecule has 0 unspecified atom stereocenters. The van der Waals surface area contributed by atoms with E-state index in [1.54, 1.807) is 11.3 Å². The first kappa shape index (κ1) is 13.2. The average Bonchev–Trinajstić information content (AvgIpc) is 2.82. The summed E-state index contributed by atoms with van der Waals surface area (Å²) in [6, 6.07) is 14.9. The third-order valence-electron chi connectivity index (χ3n) is 2.92. The highest BCUT2D eigenvalue weighted by atomic mass is 79.9. The van der Waals surface area contributed by atoms with Gasteiger partial charge in [0.1, 0.15) is 0 Å². The van der Waals surface area contributed by atoms with Crippen molar-refractivity contribution in [1.29, 1.82) is 0 Å². The molecule has 2 aromatic carbocycles. The molecule has 4 heteroatoms. The molecule has 0 radical (unpaired) electrons. The van der Waals surface area contributed by atoms with Crippen molar-refractivity contribution < 1.29 is 0 Å². The smallest absolute Gasteiger partial charge is 0.0701 e.